The normalized spacial score (nSPS) is 16.3. The summed E-state index contributed by atoms with van der Waals surface area (Å²) in [5, 5.41) is 2.84. The highest BCUT2D eigenvalue weighted by Gasteiger charge is 2.22. The quantitative estimate of drug-likeness (QED) is 0.332. The van der Waals surface area contributed by atoms with Crippen LogP contribution in [0.5, 0.6) is 5.75 Å². The molecule has 1 aromatic carbocycles. The Labute approximate surface area is 130 Å². The first-order valence-electron chi connectivity index (χ1n) is 6.53. The molecule has 1 atom stereocenters. The van der Waals surface area contributed by atoms with Crippen molar-refractivity contribution in [2.75, 3.05) is 31.7 Å². The summed E-state index contributed by atoms with van der Waals surface area (Å²) in [6.07, 6.45) is -0.335. The second-order valence-corrected chi connectivity index (χ2v) is 4.99. The van der Waals surface area contributed by atoms with Crippen LogP contribution in [0.2, 0.25) is 0 Å². The van der Waals surface area contributed by atoms with Crippen molar-refractivity contribution < 1.29 is 23.8 Å². The molecule has 1 heterocycles. The molecular formula is C14H16BrNO5. The van der Waals surface area contributed by atoms with Crippen LogP contribution in [0.4, 0.5) is 4.79 Å². The number of hydrogen-bond acceptors (Lipinski definition) is 5. The van der Waals surface area contributed by atoms with Crippen LogP contribution in [0.15, 0.2) is 24.3 Å². The van der Waals surface area contributed by atoms with Crippen molar-refractivity contribution in [3.8, 4) is 5.75 Å². The molecule has 1 fully saturated rings. The Morgan fingerprint density at radius 3 is 2.67 bits per heavy atom. The lowest BCUT2D eigenvalue weighted by Gasteiger charge is -2.07. The zero-order valence-electron chi connectivity index (χ0n) is 11.3. The van der Waals surface area contributed by atoms with Gasteiger partial charge in [0.15, 0.2) is 5.78 Å². The van der Waals surface area contributed by atoms with Crippen LogP contribution < -0.4 is 10.1 Å². The van der Waals surface area contributed by atoms with E-state index in [0.717, 1.165) is 6.61 Å². The Bertz CT molecular complexity index is 487. The maximum Gasteiger partial charge on any atom is 0.412 e. The maximum atomic E-state index is 11.5. The Kier molecular flexibility index (Phi) is 6.16. The molecule has 1 aliphatic heterocycles. The molecule has 1 unspecified atom stereocenters. The fourth-order valence-electron chi connectivity index (χ4n) is 1.53. The average Bonchev–Trinajstić information content (AvgIpc) is 3.31. The lowest BCUT2D eigenvalue weighted by atomic mass is 10.1. The van der Waals surface area contributed by atoms with Crippen molar-refractivity contribution >= 4 is 27.8 Å². The molecule has 1 saturated heterocycles. The third-order valence-electron chi connectivity index (χ3n) is 2.73. The molecule has 114 valence electrons. The minimum atomic E-state index is -0.555. The average molecular weight is 358 g/mol. The summed E-state index contributed by atoms with van der Waals surface area (Å²) >= 11 is 3.10. The van der Waals surface area contributed by atoms with Gasteiger partial charge in [-0.2, -0.15) is 0 Å². The molecule has 6 nitrogen and oxygen atoms in total. The number of Topliss-reactive ketones (excluding diaryl/α,β-unsaturated/α-hetero) is 1. The Morgan fingerprint density at radius 2 is 2.05 bits per heavy atom. The molecule has 0 spiro atoms. The van der Waals surface area contributed by atoms with E-state index in [0.29, 0.717) is 31.1 Å². The number of ether oxygens (including phenoxy) is 3. The van der Waals surface area contributed by atoms with E-state index >= 15 is 0 Å². The van der Waals surface area contributed by atoms with Crippen molar-refractivity contribution in [3.05, 3.63) is 29.8 Å². The third kappa shape index (κ3) is 5.82. The summed E-state index contributed by atoms with van der Waals surface area (Å²) < 4.78 is 15.3. The predicted molar refractivity (Wildman–Crippen MR) is 79.2 cm³/mol. The van der Waals surface area contributed by atoms with Crippen molar-refractivity contribution in [2.24, 2.45) is 0 Å². The first-order chi connectivity index (χ1) is 10.2. The molecule has 2 rings (SSSR count). The van der Waals surface area contributed by atoms with E-state index in [1.165, 1.54) is 0 Å². The van der Waals surface area contributed by atoms with Crippen molar-refractivity contribution in [1.82, 2.24) is 5.32 Å². The molecule has 0 aromatic heterocycles. The standard InChI is InChI=1S/C14H16BrNO5/c15-7-13(17)10-1-3-11(4-2-10)21-14(18)16-5-6-19-8-12-9-20-12/h1-4,12H,5-9H2,(H,16,18). The van der Waals surface area contributed by atoms with Crippen molar-refractivity contribution in [1.29, 1.82) is 0 Å². The van der Waals surface area contributed by atoms with Crippen LogP contribution >= 0.6 is 15.9 Å². The zero-order chi connectivity index (χ0) is 15.1. The molecule has 1 N–H and O–H groups in total. The molecule has 7 heteroatoms. The molecule has 1 amide bonds. The van der Waals surface area contributed by atoms with Gasteiger partial charge in [-0.15, -0.1) is 0 Å². The second kappa shape index (κ2) is 8.11. The van der Waals surface area contributed by atoms with Gasteiger partial charge in [0.1, 0.15) is 11.9 Å². The number of halogens is 1. The highest BCUT2D eigenvalue weighted by atomic mass is 79.9. The number of rotatable bonds is 8. The summed E-state index contributed by atoms with van der Waals surface area (Å²) in [6.45, 7) is 2.09. The van der Waals surface area contributed by atoms with E-state index in [-0.39, 0.29) is 17.2 Å². The van der Waals surface area contributed by atoms with Gasteiger partial charge in [0.05, 0.1) is 25.2 Å². The zero-order valence-corrected chi connectivity index (χ0v) is 12.9. The molecule has 21 heavy (non-hydrogen) atoms. The minimum Gasteiger partial charge on any atom is -0.410 e. The Morgan fingerprint density at radius 1 is 1.33 bits per heavy atom. The molecular weight excluding hydrogens is 342 g/mol. The number of ketones is 1. The van der Waals surface area contributed by atoms with E-state index in [1.54, 1.807) is 24.3 Å². The van der Waals surface area contributed by atoms with Crippen molar-refractivity contribution in [2.45, 2.75) is 6.10 Å². The topological polar surface area (TPSA) is 77.2 Å². The van der Waals surface area contributed by atoms with Gasteiger partial charge in [0.25, 0.3) is 0 Å². The van der Waals surface area contributed by atoms with Gasteiger partial charge in [-0.05, 0) is 24.3 Å². The second-order valence-electron chi connectivity index (χ2n) is 4.43. The molecule has 0 bridgehead atoms. The SMILES string of the molecule is O=C(NCCOCC1CO1)Oc1ccc(C(=O)CBr)cc1. The number of carbonyl (C=O) groups is 2. The number of alkyl halides is 1. The van der Waals surface area contributed by atoms with E-state index < -0.39 is 6.09 Å². The van der Waals surface area contributed by atoms with Crippen molar-refractivity contribution in [3.63, 3.8) is 0 Å². The highest BCUT2D eigenvalue weighted by molar-refractivity contribution is 9.09. The Balaban J connectivity index is 1.65. The van der Waals surface area contributed by atoms with Crippen LogP contribution in [-0.4, -0.2) is 49.7 Å². The molecule has 0 aliphatic carbocycles. The van der Waals surface area contributed by atoms with E-state index in [9.17, 15) is 9.59 Å². The van der Waals surface area contributed by atoms with Gasteiger partial charge in [-0.1, -0.05) is 15.9 Å². The number of hydrogen-bond donors (Lipinski definition) is 1. The largest absolute Gasteiger partial charge is 0.412 e. The summed E-state index contributed by atoms with van der Waals surface area (Å²) in [5.74, 6) is 0.355. The van der Waals surface area contributed by atoms with Gasteiger partial charge in [0, 0.05) is 12.1 Å². The molecule has 1 aliphatic rings. The summed E-state index contributed by atoms with van der Waals surface area (Å²) in [5.41, 5.74) is 0.565. The Hall–Kier alpha value is -1.44. The summed E-state index contributed by atoms with van der Waals surface area (Å²) in [7, 11) is 0. The first kappa shape index (κ1) is 15.9. The molecule has 0 saturated carbocycles. The number of carbonyl (C=O) groups excluding carboxylic acids is 2. The number of benzene rings is 1. The molecule has 0 radical (unpaired) electrons. The van der Waals surface area contributed by atoms with Crippen LogP contribution in [0.3, 0.4) is 0 Å². The number of amides is 1. The van der Waals surface area contributed by atoms with Crippen LogP contribution in [-0.2, 0) is 9.47 Å². The van der Waals surface area contributed by atoms with Gasteiger partial charge in [-0.25, -0.2) is 4.79 Å². The van der Waals surface area contributed by atoms with Gasteiger partial charge < -0.3 is 19.5 Å². The number of nitrogens with one attached hydrogen (secondary N) is 1. The fourth-order valence-corrected chi connectivity index (χ4v) is 1.86. The third-order valence-corrected chi connectivity index (χ3v) is 3.24. The van der Waals surface area contributed by atoms with Crippen LogP contribution in [0.1, 0.15) is 10.4 Å². The fraction of sp³-hybridized carbons (Fsp3) is 0.429. The molecule has 1 aromatic rings. The van der Waals surface area contributed by atoms with Gasteiger partial charge in [0.2, 0.25) is 0 Å². The van der Waals surface area contributed by atoms with Gasteiger partial charge in [-0.3, -0.25) is 4.79 Å². The lowest BCUT2D eigenvalue weighted by Crippen LogP contribution is -2.30. The van der Waals surface area contributed by atoms with E-state index in [1.807, 2.05) is 0 Å². The van der Waals surface area contributed by atoms with E-state index in [4.69, 9.17) is 14.2 Å². The minimum absolute atomic E-state index is 0.0252. The highest BCUT2D eigenvalue weighted by Crippen LogP contribution is 2.13. The van der Waals surface area contributed by atoms with E-state index in [2.05, 4.69) is 21.2 Å². The first-order valence-corrected chi connectivity index (χ1v) is 7.65. The maximum absolute atomic E-state index is 11.5. The van der Waals surface area contributed by atoms with Crippen LogP contribution in [0, 0.1) is 0 Å². The van der Waals surface area contributed by atoms with Crippen LogP contribution in [0.25, 0.3) is 0 Å². The van der Waals surface area contributed by atoms with Gasteiger partial charge >= 0.3 is 6.09 Å². The monoisotopic (exact) mass is 357 g/mol. The lowest BCUT2D eigenvalue weighted by molar-refractivity contribution is 0.102. The predicted octanol–water partition coefficient (Wildman–Crippen LogP) is 1.77. The smallest absolute Gasteiger partial charge is 0.410 e. The number of epoxide rings is 1. The summed E-state index contributed by atoms with van der Waals surface area (Å²) in [6, 6.07) is 6.39. The summed E-state index contributed by atoms with van der Waals surface area (Å²) in [4.78, 5) is 22.9.